The van der Waals surface area contributed by atoms with Crippen LogP contribution in [0.1, 0.15) is 49.0 Å². The fourth-order valence-corrected chi connectivity index (χ4v) is 2.77. The normalized spacial score (nSPS) is 21.1. The Labute approximate surface area is 119 Å². The maximum Gasteiger partial charge on any atom is 0.251 e. The summed E-state index contributed by atoms with van der Waals surface area (Å²) in [6.45, 7) is 4.49. The van der Waals surface area contributed by atoms with Gasteiger partial charge < -0.3 is 11.1 Å². The summed E-state index contributed by atoms with van der Waals surface area (Å²) in [5.41, 5.74) is 7.26. The lowest BCUT2D eigenvalue weighted by Gasteiger charge is -2.18. The molecule has 0 saturated heterocycles. The second-order valence-corrected chi connectivity index (χ2v) is 6.46. The van der Waals surface area contributed by atoms with E-state index in [1.165, 1.54) is 0 Å². The fourth-order valence-electron chi connectivity index (χ4n) is 2.64. The molecule has 0 radical (unpaired) electrons. The lowest BCUT2D eigenvalue weighted by atomic mass is 9.92. The van der Waals surface area contributed by atoms with Crippen molar-refractivity contribution >= 4 is 23.1 Å². The van der Waals surface area contributed by atoms with Gasteiger partial charge in [-0.3, -0.25) is 4.79 Å². The van der Waals surface area contributed by atoms with Crippen molar-refractivity contribution < 1.29 is 4.79 Å². The van der Waals surface area contributed by atoms with E-state index in [9.17, 15) is 4.79 Å². The lowest BCUT2D eigenvalue weighted by Crippen LogP contribution is -2.33. The molecule has 3 nitrogen and oxygen atoms in total. The van der Waals surface area contributed by atoms with Gasteiger partial charge in [0.05, 0.1) is 0 Å². The van der Waals surface area contributed by atoms with E-state index >= 15 is 0 Å². The van der Waals surface area contributed by atoms with E-state index in [0.717, 1.165) is 24.8 Å². The molecule has 2 rings (SSSR count). The smallest absolute Gasteiger partial charge is 0.251 e. The number of carbonyl (C=O) groups is 1. The highest BCUT2D eigenvalue weighted by Gasteiger charge is 2.31. The van der Waals surface area contributed by atoms with Gasteiger partial charge in [-0.1, -0.05) is 38.2 Å². The van der Waals surface area contributed by atoms with Crippen molar-refractivity contribution in [2.45, 2.75) is 39.2 Å². The van der Waals surface area contributed by atoms with E-state index in [4.69, 9.17) is 18.0 Å². The molecule has 1 saturated carbocycles. The fraction of sp³-hybridized carbons (Fsp3) is 0.467. The summed E-state index contributed by atoms with van der Waals surface area (Å²) in [6, 6.07) is 7.44. The second-order valence-electron chi connectivity index (χ2n) is 6.02. The molecule has 1 fully saturated rings. The Morgan fingerprint density at radius 1 is 1.42 bits per heavy atom. The summed E-state index contributed by atoms with van der Waals surface area (Å²) in [7, 11) is 0. The van der Waals surface area contributed by atoms with E-state index in [1.54, 1.807) is 12.1 Å². The Morgan fingerprint density at radius 3 is 2.68 bits per heavy atom. The number of thiocarbonyl (C=S) groups is 1. The van der Waals surface area contributed by atoms with E-state index in [1.807, 2.05) is 12.1 Å². The summed E-state index contributed by atoms with van der Waals surface area (Å²) in [6.07, 6.45) is 3.24. The largest absolute Gasteiger partial charge is 0.389 e. The molecule has 1 aromatic carbocycles. The molecule has 1 aliphatic carbocycles. The molecule has 1 aliphatic rings. The van der Waals surface area contributed by atoms with Crippen molar-refractivity contribution in [3.63, 3.8) is 0 Å². The zero-order valence-electron chi connectivity index (χ0n) is 11.4. The molecule has 0 spiro atoms. The molecule has 3 N–H and O–H groups in total. The predicted octanol–water partition coefficient (Wildman–Crippen LogP) is 2.63. The number of hydrogen-bond donors (Lipinski definition) is 2. The van der Waals surface area contributed by atoms with Crippen LogP contribution in [0.5, 0.6) is 0 Å². The van der Waals surface area contributed by atoms with Crippen LogP contribution in [0.25, 0.3) is 0 Å². The molecule has 1 unspecified atom stereocenters. The lowest BCUT2D eigenvalue weighted by molar-refractivity contribution is 0.0936. The zero-order valence-corrected chi connectivity index (χ0v) is 12.2. The molecular formula is C15H20N2OS. The topological polar surface area (TPSA) is 55.1 Å². The first-order chi connectivity index (χ1) is 8.87. The molecule has 1 amide bonds. The van der Waals surface area contributed by atoms with Gasteiger partial charge in [-0.2, -0.15) is 0 Å². The van der Waals surface area contributed by atoms with E-state index < -0.39 is 0 Å². The Hall–Kier alpha value is -1.42. The molecule has 102 valence electrons. The van der Waals surface area contributed by atoms with Crippen LogP contribution in [0.4, 0.5) is 0 Å². The molecule has 0 aliphatic heterocycles. The molecule has 4 heteroatoms. The summed E-state index contributed by atoms with van der Waals surface area (Å²) in [5.74, 6) is -0.0409. The molecule has 1 atom stereocenters. The van der Waals surface area contributed by atoms with Crippen LogP contribution in [0, 0.1) is 5.41 Å². The number of rotatable bonds is 3. The van der Waals surface area contributed by atoms with Gasteiger partial charge in [-0.15, -0.1) is 0 Å². The van der Waals surface area contributed by atoms with Gasteiger partial charge in [0.15, 0.2) is 0 Å². The standard InChI is InChI=1S/C15H20N2OS/c1-15(2)7-6-12(9-15)17-14(18)11-5-3-4-10(8-11)13(16)19/h3-5,8,12H,6-7,9H2,1-2H3,(H2,16,19)(H,17,18). The average molecular weight is 276 g/mol. The highest BCUT2D eigenvalue weighted by Crippen LogP contribution is 2.36. The van der Waals surface area contributed by atoms with Crippen molar-refractivity contribution in [2.75, 3.05) is 0 Å². The molecular weight excluding hydrogens is 256 g/mol. The molecule has 0 heterocycles. The van der Waals surface area contributed by atoms with Gasteiger partial charge in [0.2, 0.25) is 0 Å². The molecule has 1 aromatic rings. The number of amides is 1. The summed E-state index contributed by atoms with van der Waals surface area (Å²) >= 11 is 4.93. The van der Waals surface area contributed by atoms with Crippen molar-refractivity contribution in [2.24, 2.45) is 11.1 Å². The first kappa shape index (κ1) is 14.0. The third-order valence-corrected chi connectivity index (χ3v) is 3.95. The summed E-state index contributed by atoms with van der Waals surface area (Å²) < 4.78 is 0. The molecule has 19 heavy (non-hydrogen) atoms. The zero-order chi connectivity index (χ0) is 14.0. The quantitative estimate of drug-likeness (QED) is 0.834. The summed E-state index contributed by atoms with van der Waals surface area (Å²) in [5, 5.41) is 3.09. The van der Waals surface area contributed by atoms with Crippen LogP contribution in [0.3, 0.4) is 0 Å². The van der Waals surface area contributed by atoms with E-state index in [0.29, 0.717) is 16.0 Å². The maximum atomic E-state index is 12.2. The first-order valence-corrected chi connectivity index (χ1v) is 6.99. The van der Waals surface area contributed by atoms with Crippen LogP contribution in [-0.2, 0) is 0 Å². The Kier molecular flexibility index (Phi) is 3.90. The van der Waals surface area contributed by atoms with E-state index in [-0.39, 0.29) is 11.9 Å². The SMILES string of the molecule is CC1(C)CCC(NC(=O)c2cccc(C(N)=S)c2)C1. The highest BCUT2D eigenvalue weighted by molar-refractivity contribution is 7.80. The van der Waals surface area contributed by atoms with Crippen LogP contribution in [-0.4, -0.2) is 16.9 Å². The predicted molar refractivity (Wildman–Crippen MR) is 81.2 cm³/mol. The Balaban J connectivity index is 2.04. The molecule has 0 bridgehead atoms. The minimum Gasteiger partial charge on any atom is -0.389 e. The number of benzene rings is 1. The average Bonchev–Trinajstić information content (AvgIpc) is 2.68. The Bertz CT molecular complexity index is 511. The van der Waals surface area contributed by atoms with Crippen LogP contribution in [0.2, 0.25) is 0 Å². The second kappa shape index (κ2) is 5.29. The minimum atomic E-state index is -0.0409. The van der Waals surface area contributed by atoms with Gasteiger partial charge >= 0.3 is 0 Å². The van der Waals surface area contributed by atoms with E-state index in [2.05, 4.69) is 19.2 Å². The van der Waals surface area contributed by atoms with Gasteiger partial charge in [0.1, 0.15) is 4.99 Å². The highest BCUT2D eigenvalue weighted by atomic mass is 32.1. The summed E-state index contributed by atoms with van der Waals surface area (Å²) in [4.78, 5) is 12.5. The Morgan fingerprint density at radius 2 is 2.11 bits per heavy atom. The van der Waals surface area contributed by atoms with Crippen molar-refractivity contribution in [3.05, 3.63) is 35.4 Å². The number of nitrogens with two attached hydrogens (primary N) is 1. The molecule has 0 aromatic heterocycles. The number of nitrogens with one attached hydrogen (secondary N) is 1. The van der Waals surface area contributed by atoms with Crippen molar-refractivity contribution in [3.8, 4) is 0 Å². The van der Waals surface area contributed by atoms with Crippen LogP contribution >= 0.6 is 12.2 Å². The van der Waals surface area contributed by atoms with Crippen molar-refractivity contribution in [1.82, 2.24) is 5.32 Å². The van der Waals surface area contributed by atoms with Crippen molar-refractivity contribution in [1.29, 1.82) is 0 Å². The van der Waals surface area contributed by atoms with Crippen LogP contribution in [0.15, 0.2) is 24.3 Å². The third-order valence-electron chi connectivity index (χ3n) is 3.71. The van der Waals surface area contributed by atoms with Gasteiger partial charge in [-0.25, -0.2) is 0 Å². The van der Waals surface area contributed by atoms with Gasteiger partial charge in [0, 0.05) is 17.2 Å². The first-order valence-electron chi connectivity index (χ1n) is 6.58. The van der Waals surface area contributed by atoms with Gasteiger partial charge in [0.25, 0.3) is 5.91 Å². The number of hydrogen-bond acceptors (Lipinski definition) is 2. The van der Waals surface area contributed by atoms with Crippen LogP contribution < -0.4 is 11.1 Å². The van der Waals surface area contributed by atoms with Gasteiger partial charge in [-0.05, 0) is 36.8 Å². The minimum absolute atomic E-state index is 0.0409. The maximum absolute atomic E-state index is 12.2. The monoisotopic (exact) mass is 276 g/mol. The number of carbonyl (C=O) groups excluding carboxylic acids is 1. The third kappa shape index (κ3) is 3.53.